The van der Waals surface area contributed by atoms with Crippen LogP contribution in [0.15, 0.2) is 52.1 Å². The van der Waals surface area contributed by atoms with Gasteiger partial charge in [0.15, 0.2) is 5.69 Å². The molecule has 0 radical (unpaired) electrons. The maximum absolute atomic E-state index is 14.2. The van der Waals surface area contributed by atoms with Gasteiger partial charge in [0.25, 0.3) is 11.1 Å². The minimum atomic E-state index is -1.14. The average molecular weight is 529 g/mol. The molecule has 4 fully saturated rings. The number of hydrogen-bond acceptors (Lipinski definition) is 5. The first kappa shape index (κ1) is 24.8. The Hall–Kier alpha value is -3.26. The summed E-state index contributed by atoms with van der Waals surface area (Å²) < 4.78 is 3.05. The Balaban J connectivity index is 1.28. The third-order valence-corrected chi connectivity index (χ3v) is 10.0. The first-order valence-electron chi connectivity index (χ1n) is 14.7. The van der Waals surface area contributed by atoms with Gasteiger partial charge in [0.1, 0.15) is 6.54 Å². The second-order valence-corrected chi connectivity index (χ2v) is 12.3. The van der Waals surface area contributed by atoms with Gasteiger partial charge in [-0.1, -0.05) is 37.5 Å². The van der Waals surface area contributed by atoms with Crippen LogP contribution in [0, 0.1) is 11.8 Å². The topological polar surface area (TPSA) is 97.4 Å². The fourth-order valence-corrected chi connectivity index (χ4v) is 8.64. The minimum Gasteiger partial charge on any atom is -0.480 e. The molecule has 8 nitrogen and oxygen atoms in total. The number of carboxylic acids is 1. The summed E-state index contributed by atoms with van der Waals surface area (Å²) in [6, 6.07) is 13.9. The number of para-hydroxylation sites is 2. The molecule has 6 atom stereocenters. The van der Waals surface area contributed by atoms with Crippen LogP contribution >= 0.6 is 0 Å². The molecule has 4 aliphatic rings. The number of rotatable bonds is 5. The molecule has 1 aromatic carbocycles. The zero-order valence-corrected chi connectivity index (χ0v) is 22.2. The molecule has 39 heavy (non-hydrogen) atoms. The average Bonchev–Trinajstić information content (AvgIpc) is 3.18. The summed E-state index contributed by atoms with van der Waals surface area (Å²) in [5, 5.41) is 9.44. The van der Waals surface area contributed by atoms with Gasteiger partial charge in [-0.3, -0.25) is 23.9 Å². The molecular weight excluding hydrogens is 492 g/mol. The van der Waals surface area contributed by atoms with Gasteiger partial charge in [0, 0.05) is 30.2 Å². The SMILES string of the molecule is O=C(O)Cn1c(-c2nc3ccccc3n([C@H]3C[C@H]4CC[C@@H](C3)N4[C@H]3C[C@@H]4CCC[C@@H](C4)C3)c2=O)cccc1=O. The number of hydrogen-bond donors (Lipinski definition) is 1. The van der Waals surface area contributed by atoms with Crippen molar-refractivity contribution in [2.75, 3.05) is 0 Å². The monoisotopic (exact) mass is 528 g/mol. The minimum absolute atomic E-state index is 0.0457. The van der Waals surface area contributed by atoms with E-state index in [-0.39, 0.29) is 23.0 Å². The second kappa shape index (κ2) is 9.73. The predicted molar refractivity (Wildman–Crippen MR) is 149 cm³/mol. The standard InChI is InChI=1S/C31H36N4O4/c36-28-10-4-9-27(33(28)18-29(37)38)30-31(39)35(26-8-2-1-7-25(26)32-30)24-16-21-11-12-22(17-24)34(21)23-14-19-5-3-6-20(13-19)15-23/h1-2,4,7-10,19-24H,3,5-6,11-18H2,(H,37,38)/t19-,20+,21-,22+,23+,24+. The molecule has 204 valence electrons. The summed E-state index contributed by atoms with van der Waals surface area (Å²) in [5.41, 5.74) is 1.17. The van der Waals surface area contributed by atoms with E-state index in [0.717, 1.165) is 34.8 Å². The van der Waals surface area contributed by atoms with Crippen LogP contribution in [0.25, 0.3) is 22.4 Å². The van der Waals surface area contributed by atoms with Crippen molar-refractivity contribution in [1.29, 1.82) is 0 Å². The lowest BCUT2D eigenvalue weighted by molar-refractivity contribution is -0.137. The van der Waals surface area contributed by atoms with Crippen molar-refractivity contribution in [3.63, 3.8) is 0 Å². The first-order chi connectivity index (χ1) is 19.0. The van der Waals surface area contributed by atoms with Gasteiger partial charge in [-0.2, -0.15) is 0 Å². The Kier molecular flexibility index (Phi) is 6.18. The summed E-state index contributed by atoms with van der Waals surface area (Å²) in [4.78, 5) is 45.9. The second-order valence-electron chi connectivity index (χ2n) is 12.3. The zero-order chi connectivity index (χ0) is 26.7. The van der Waals surface area contributed by atoms with Crippen molar-refractivity contribution in [1.82, 2.24) is 19.0 Å². The highest BCUT2D eigenvalue weighted by Crippen LogP contribution is 2.48. The number of aromatic nitrogens is 3. The van der Waals surface area contributed by atoms with Crippen LogP contribution in [0.2, 0.25) is 0 Å². The van der Waals surface area contributed by atoms with Crippen molar-refractivity contribution in [3.05, 3.63) is 63.2 Å². The molecule has 0 amide bonds. The molecule has 4 bridgehead atoms. The van der Waals surface area contributed by atoms with Crippen LogP contribution in [0.3, 0.4) is 0 Å². The van der Waals surface area contributed by atoms with E-state index in [1.165, 1.54) is 57.4 Å². The quantitative estimate of drug-likeness (QED) is 0.526. The van der Waals surface area contributed by atoms with Gasteiger partial charge < -0.3 is 9.67 Å². The van der Waals surface area contributed by atoms with Gasteiger partial charge in [-0.05, 0) is 75.0 Å². The summed E-state index contributed by atoms with van der Waals surface area (Å²) >= 11 is 0. The van der Waals surface area contributed by atoms with Gasteiger partial charge in [0.05, 0.1) is 16.7 Å². The molecule has 8 heteroatoms. The van der Waals surface area contributed by atoms with Crippen LogP contribution < -0.4 is 11.1 Å². The van der Waals surface area contributed by atoms with Crippen molar-refractivity contribution in [3.8, 4) is 11.4 Å². The molecule has 1 N–H and O–H groups in total. The molecule has 0 unspecified atom stereocenters. The van der Waals surface area contributed by atoms with Crippen molar-refractivity contribution in [2.24, 2.45) is 11.8 Å². The van der Waals surface area contributed by atoms with Crippen LogP contribution in [0.4, 0.5) is 0 Å². The van der Waals surface area contributed by atoms with Gasteiger partial charge in [0.2, 0.25) is 0 Å². The molecule has 3 aromatic rings. The number of aliphatic carboxylic acids is 1. The third-order valence-electron chi connectivity index (χ3n) is 10.0. The number of pyridine rings is 1. The molecule has 4 heterocycles. The number of piperidine rings is 1. The smallest absolute Gasteiger partial charge is 0.323 e. The lowest BCUT2D eigenvalue weighted by Crippen LogP contribution is -2.52. The number of carboxylic acid groups (broad SMARTS) is 1. The molecule has 0 spiro atoms. The fraction of sp³-hybridized carbons (Fsp3) is 0.548. The Labute approximate surface area is 227 Å². The van der Waals surface area contributed by atoms with E-state index in [1.54, 1.807) is 12.1 Å². The van der Waals surface area contributed by atoms with Crippen LogP contribution in [0.5, 0.6) is 0 Å². The Morgan fingerprint density at radius 3 is 2.26 bits per heavy atom. The third kappa shape index (κ3) is 4.33. The normalized spacial score (nSPS) is 30.5. The van der Waals surface area contributed by atoms with Gasteiger partial charge in [-0.15, -0.1) is 0 Å². The van der Waals surface area contributed by atoms with E-state index in [1.807, 2.05) is 28.8 Å². The Morgan fingerprint density at radius 1 is 0.821 bits per heavy atom. The van der Waals surface area contributed by atoms with Crippen LogP contribution in [0.1, 0.15) is 70.3 Å². The highest BCUT2D eigenvalue weighted by Gasteiger charge is 2.47. The largest absolute Gasteiger partial charge is 0.480 e. The predicted octanol–water partition coefficient (Wildman–Crippen LogP) is 4.45. The zero-order valence-electron chi connectivity index (χ0n) is 22.2. The Bertz CT molecular complexity index is 1520. The van der Waals surface area contributed by atoms with E-state index < -0.39 is 18.1 Å². The number of carbonyl (C=O) groups is 1. The molecule has 2 aliphatic carbocycles. The van der Waals surface area contributed by atoms with Crippen LogP contribution in [-0.4, -0.2) is 48.2 Å². The maximum atomic E-state index is 14.2. The maximum Gasteiger partial charge on any atom is 0.323 e. The van der Waals surface area contributed by atoms with Crippen molar-refractivity contribution < 1.29 is 9.90 Å². The molecule has 2 saturated heterocycles. The van der Waals surface area contributed by atoms with Crippen LogP contribution in [-0.2, 0) is 11.3 Å². The van der Waals surface area contributed by atoms with Crippen molar-refractivity contribution >= 4 is 17.0 Å². The summed E-state index contributed by atoms with van der Waals surface area (Å²) in [6.07, 6.45) is 12.5. The number of nitrogens with zero attached hydrogens (tertiary/aromatic N) is 4. The molecule has 7 rings (SSSR count). The van der Waals surface area contributed by atoms with Crippen molar-refractivity contribution in [2.45, 2.75) is 94.9 Å². The lowest BCUT2D eigenvalue weighted by Gasteiger charge is -2.49. The number of fused-ring (bicyclic) bond motifs is 5. The van der Waals surface area contributed by atoms with E-state index in [2.05, 4.69) is 9.88 Å². The molecule has 2 aromatic heterocycles. The lowest BCUT2D eigenvalue weighted by atomic mass is 9.69. The van der Waals surface area contributed by atoms with Gasteiger partial charge in [-0.25, -0.2) is 4.98 Å². The summed E-state index contributed by atoms with van der Waals surface area (Å²) in [6.45, 7) is -0.519. The summed E-state index contributed by atoms with van der Waals surface area (Å²) in [7, 11) is 0. The highest BCUT2D eigenvalue weighted by molar-refractivity contribution is 5.78. The van der Waals surface area contributed by atoms with E-state index in [9.17, 15) is 19.5 Å². The molecule has 2 aliphatic heterocycles. The Morgan fingerprint density at radius 2 is 1.54 bits per heavy atom. The molecular formula is C31H36N4O4. The summed E-state index contributed by atoms with van der Waals surface area (Å²) in [5.74, 6) is 0.646. The van der Waals surface area contributed by atoms with E-state index in [4.69, 9.17) is 0 Å². The first-order valence-corrected chi connectivity index (χ1v) is 14.7. The highest BCUT2D eigenvalue weighted by atomic mass is 16.4. The molecule has 2 saturated carbocycles. The van der Waals surface area contributed by atoms with E-state index in [0.29, 0.717) is 23.6 Å². The number of benzene rings is 1. The van der Waals surface area contributed by atoms with E-state index >= 15 is 0 Å². The van der Waals surface area contributed by atoms with Gasteiger partial charge >= 0.3 is 5.97 Å². The fourth-order valence-electron chi connectivity index (χ4n) is 8.64.